The molecule has 6 heteroatoms. The van der Waals surface area contributed by atoms with E-state index in [0.29, 0.717) is 6.54 Å². The number of rotatable bonds is 4. The van der Waals surface area contributed by atoms with Gasteiger partial charge < -0.3 is 10.2 Å². The van der Waals surface area contributed by atoms with Gasteiger partial charge in [0.2, 0.25) is 0 Å². The topological polar surface area (TPSA) is 80.7 Å². The van der Waals surface area contributed by atoms with E-state index in [1.165, 1.54) is 18.1 Å². The van der Waals surface area contributed by atoms with Gasteiger partial charge in [0.1, 0.15) is 12.1 Å². The van der Waals surface area contributed by atoms with Crippen molar-refractivity contribution in [3.8, 4) is 0 Å². The normalized spacial score (nSPS) is 10.6. The van der Waals surface area contributed by atoms with Crippen molar-refractivity contribution in [2.45, 2.75) is 16.7 Å². The number of nitrogens with two attached hydrogens (primary N) is 1. The van der Waals surface area contributed by atoms with Crippen LogP contribution in [0.4, 0.5) is 0 Å². The highest BCUT2D eigenvalue weighted by atomic mass is 32.2. The van der Waals surface area contributed by atoms with Crippen LogP contribution in [0.25, 0.3) is 0 Å². The van der Waals surface area contributed by atoms with Gasteiger partial charge >= 0.3 is 0 Å². The second-order valence-electron chi connectivity index (χ2n) is 2.65. The maximum atomic E-state index is 5.49. The van der Waals surface area contributed by atoms with Gasteiger partial charge in [-0.3, -0.25) is 5.10 Å². The Morgan fingerprint density at radius 1 is 1.50 bits per heavy atom. The summed E-state index contributed by atoms with van der Waals surface area (Å²) in [6.07, 6.45) is 2.23. The molecule has 2 rings (SSSR count). The monoisotopic (exact) mass is 210 g/mol. The summed E-state index contributed by atoms with van der Waals surface area (Å²) in [6.45, 7) is 0.597. The summed E-state index contributed by atoms with van der Waals surface area (Å²) in [5.74, 6) is 0.898. The minimum Gasteiger partial charge on any atom is -0.454 e. The summed E-state index contributed by atoms with van der Waals surface area (Å²) in [4.78, 5) is 3.98. The highest BCUT2D eigenvalue weighted by Gasteiger charge is 2.04. The molecule has 0 amide bonds. The van der Waals surface area contributed by atoms with E-state index in [2.05, 4.69) is 15.2 Å². The van der Waals surface area contributed by atoms with Crippen LogP contribution in [0.1, 0.15) is 5.76 Å². The van der Waals surface area contributed by atoms with Gasteiger partial charge in [-0.25, -0.2) is 4.98 Å². The van der Waals surface area contributed by atoms with E-state index in [9.17, 15) is 0 Å². The van der Waals surface area contributed by atoms with Gasteiger partial charge in [-0.15, -0.1) is 0 Å². The zero-order valence-electron chi connectivity index (χ0n) is 7.43. The largest absolute Gasteiger partial charge is 0.454 e. The van der Waals surface area contributed by atoms with Crippen LogP contribution in [0, 0.1) is 0 Å². The van der Waals surface area contributed by atoms with E-state index < -0.39 is 0 Å². The van der Waals surface area contributed by atoms with Crippen molar-refractivity contribution in [3.05, 3.63) is 24.2 Å². The first-order valence-electron chi connectivity index (χ1n) is 4.20. The molecule has 0 spiro atoms. The standard InChI is InChI=1S/C8H10N4OS/c9-4-3-6-1-2-7(13-6)14-8-10-5-11-12-8/h1-2,5H,3-4,9H2,(H,10,11,12). The summed E-state index contributed by atoms with van der Waals surface area (Å²) in [5.41, 5.74) is 5.41. The molecule has 2 aromatic rings. The molecule has 0 saturated heterocycles. The van der Waals surface area contributed by atoms with Crippen molar-refractivity contribution in [1.82, 2.24) is 15.2 Å². The van der Waals surface area contributed by atoms with Crippen LogP contribution in [0.5, 0.6) is 0 Å². The molecular weight excluding hydrogens is 200 g/mol. The maximum Gasteiger partial charge on any atom is 0.191 e. The van der Waals surface area contributed by atoms with Crippen LogP contribution >= 0.6 is 11.8 Å². The Bertz CT molecular complexity index is 384. The number of nitrogens with zero attached hydrogens (tertiary/aromatic N) is 2. The molecule has 0 aromatic carbocycles. The Morgan fingerprint density at radius 3 is 3.14 bits per heavy atom. The van der Waals surface area contributed by atoms with E-state index in [0.717, 1.165) is 22.4 Å². The number of aromatic nitrogens is 3. The second-order valence-corrected chi connectivity index (χ2v) is 3.65. The first-order valence-corrected chi connectivity index (χ1v) is 5.02. The molecule has 0 bridgehead atoms. The number of furan rings is 1. The lowest BCUT2D eigenvalue weighted by molar-refractivity contribution is 0.432. The van der Waals surface area contributed by atoms with Gasteiger partial charge in [0.05, 0.1) is 0 Å². The summed E-state index contributed by atoms with van der Waals surface area (Å²) in [7, 11) is 0. The molecule has 74 valence electrons. The summed E-state index contributed by atoms with van der Waals surface area (Å²) in [6, 6.07) is 3.82. The Kier molecular flexibility index (Phi) is 2.85. The van der Waals surface area contributed by atoms with Gasteiger partial charge in [-0.1, -0.05) is 0 Å². The summed E-state index contributed by atoms with van der Waals surface area (Å²) < 4.78 is 5.49. The Hall–Kier alpha value is -1.27. The van der Waals surface area contributed by atoms with Gasteiger partial charge in [-0.05, 0) is 30.4 Å². The van der Waals surface area contributed by atoms with Crippen molar-refractivity contribution >= 4 is 11.8 Å². The van der Waals surface area contributed by atoms with Gasteiger partial charge in [-0.2, -0.15) is 5.10 Å². The molecule has 2 heterocycles. The lowest BCUT2D eigenvalue weighted by Gasteiger charge is -1.92. The minimum atomic E-state index is 0.597. The van der Waals surface area contributed by atoms with Crippen LogP contribution < -0.4 is 5.73 Å². The first-order chi connectivity index (χ1) is 6.88. The van der Waals surface area contributed by atoms with Gasteiger partial charge in [0.25, 0.3) is 0 Å². The van der Waals surface area contributed by atoms with E-state index >= 15 is 0 Å². The van der Waals surface area contributed by atoms with Crippen LogP contribution in [-0.2, 0) is 6.42 Å². The fourth-order valence-corrected chi connectivity index (χ4v) is 1.70. The molecule has 14 heavy (non-hydrogen) atoms. The number of aromatic amines is 1. The van der Waals surface area contributed by atoms with E-state index in [1.54, 1.807) is 0 Å². The lowest BCUT2D eigenvalue weighted by Crippen LogP contribution is -2.01. The van der Waals surface area contributed by atoms with Crippen LogP contribution in [0.15, 0.2) is 33.1 Å². The van der Waals surface area contributed by atoms with Crippen LogP contribution in [0.2, 0.25) is 0 Å². The molecule has 2 aromatic heterocycles. The smallest absolute Gasteiger partial charge is 0.191 e. The Labute approximate surface area is 85.1 Å². The highest BCUT2D eigenvalue weighted by molar-refractivity contribution is 7.99. The van der Waals surface area contributed by atoms with Crippen molar-refractivity contribution in [3.63, 3.8) is 0 Å². The average molecular weight is 210 g/mol. The van der Waals surface area contributed by atoms with Gasteiger partial charge in [0.15, 0.2) is 10.2 Å². The molecule has 3 N–H and O–H groups in total. The number of nitrogens with one attached hydrogen (secondary N) is 1. The highest BCUT2D eigenvalue weighted by Crippen LogP contribution is 2.25. The van der Waals surface area contributed by atoms with Crippen LogP contribution in [0.3, 0.4) is 0 Å². The zero-order valence-corrected chi connectivity index (χ0v) is 8.25. The Balaban J connectivity index is 2.03. The fraction of sp³-hybridized carbons (Fsp3) is 0.250. The van der Waals surface area contributed by atoms with E-state index in [1.807, 2.05) is 12.1 Å². The molecule has 0 fully saturated rings. The molecule has 0 atom stereocenters. The number of hydrogen-bond acceptors (Lipinski definition) is 5. The van der Waals surface area contributed by atoms with E-state index in [-0.39, 0.29) is 0 Å². The zero-order chi connectivity index (χ0) is 9.80. The predicted molar refractivity (Wildman–Crippen MR) is 52.0 cm³/mol. The molecular formula is C8H10N4OS. The van der Waals surface area contributed by atoms with E-state index in [4.69, 9.17) is 10.2 Å². The van der Waals surface area contributed by atoms with Crippen molar-refractivity contribution in [2.75, 3.05) is 6.54 Å². The van der Waals surface area contributed by atoms with Crippen LogP contribution in [-0.4, -0.2) is 21.7 Å². The summed E-state index contributed by atoms with van der Waals surface area (Å²) >= 11 is 1.40. The fourth-order valence-electron chi connectivity index (χ4n) is 1.03. The predicted octanol–water partition coefficient (Wildman–Crippen LogP) is 1.05. The molecule has 0 unspecified atom stereocenters. The number of hydrogen-bond donors (Lipinski definition) is 2. The second kappa shape index (κ2) is 4.30. The molecule has 5 nitrogen and oxygen atoms in total. The molecule has 0 aliphatic heterocycles. The lowest BCUT2D eigenvalue weighted by atomic mass is 10.3. The third-order valence-corrected chi connectivity index (χ3v) is 2.43. The maximum absolute atomic E-state index is 5.49. The van der Waals surface area contributed by atoms with Gasteiger partial charge in [0, 0.05) is 6.42 Å². The third kappa shape index (κ3) is 2.15. The molecule has 0 aliphatic carbocycles. The SMILES string of the molecule is NCCc1ccc(Sc2ncn[nH]2)o1. The van der Waals surface area contributed by atoms with Crippen molar-refractivity contribution < 1.29 is 4.42 Å². The third-order valence-electron chi connectivity index (χ3n) is 1.62. The Morgan fingerprint density at radius 2 is 2.43 bits per heavy atom. The molecule has 0 saturated carbocycles. The summed E-state index contributed by atoms with van der Waals surface area (Å²) in [5, 5.41) is 8.00. The average Bonchev–Trinajstić information content (AvgIpc) is 2.79. The quantitative estimate of drug-likeness (QED) is 0.788. The van der Waals surface area contributed by atoms with Crippen molar-refractivity contribution in [1.29, 1.82) is 0 Å². The molecule has 0 aliphatic rings. The number of H-pyrrole nitrogens is 1. The first kappa shape index (κ1) is 9.29. The van der Waals surface area contributed by atoms with Crippen molar-refractivity contribution in [2.24, 2.45) is 5.73 Å². The minimum absolute atomic E-state index is 0.597. The molecule has 0 radical (unpaired) electrons.